The number of ketones is 1. The number of Topliss-reactive ketones (excluding diaryl/α,β-unsaturated/α-hetero) is 1. The molecule has 1 aliphatic heterocycles. The number of halogens is 2. The van der Waals surface area contributed by atoms with Crippen molar-refractivity contribution >= 4 is 36.3 Å². The van der Waals surface area contributed by atoms with Crippen LogP contribution >= 0.6 is 24.8 Å². The molecule has 0 fully saturated rings. The SMILES string of the molecule is Cl.Cl.O=C1C(NCCc2ccccc2)=CC2=NCCn3cnc1c32. The van der Waals surface area contributed by atoms with Crippen LogP contribution in [0.3, 0.4) is 0 Å². The highest BCUT2D eigenvalue weighted by Crippen LogP contribution is 2.22. The summed E-state index contributed by atoms with van der Waals surface area (Å²) in [5.41, 5.74) is 4.08. The van der Waals surface area contributed by atoms with Gasteiger partial charge in [0.05, 0.1) is 30.0 Å². The van der Waals surface area contributed by atoms with Gasteiger partial charge in [-0.2, -0.15) is 0 Å². The summed E-state index contributed by atoms with van der Waals surface area (Å²) in [5, 5.41) is 3.24. The van der Waals surface area contributed by atoms with Crippen molar-refractivity contribution < 1.29 is 4.79 Å². The molecule has 126 valence electrons. The van der Waals surface area contributed by atoms with E-state index in [2.05, 4.69) is 27.4 Å². The van der Waals surface area contributed by atoms with Crippen LogP contribution in [0.2, 0.25) is 0 Å². The summed E-state index contributed by atoms with van der Waals surface area (Å²) in [6, 6.07) is 10.2. The van der Waals surface area contributed by atoms with Gasteiger partial charge in [-0.3, -0.25) is 9.79 Å². The predicted octanol–water partition coefficient (Wildman–Crippen LogP) is 2.44. The minimum absolute atomic E-state index is 0. The number of nitrogens with one attached hydrogen (secondary N) is 1. The Bertz CT molecular complexity index is 796. The van der Waals surface area contributed by atoms with Crippen LogP contribution in [-0.2, 0) is 13.0 Å². The molecule has 5 nitrogen and oxygen atoms in total. The van der Waals surface area contributed by atoms with Crippen molar-refractivity contribution in [3.63, 3.8) is 0 Å². The highest BCUT2D eigenvalue weighted by atomic mass is 35.5. The third-order valence-electron chi connectivity index (χ3n) is 4.02. The zero-order chi connectivity index (χ0) is 14.9. The van der Waals surface area contributed by atoms with Crippen molar-refractivity contribution in [2.24, 2.45) is 4.99 Å². The first-order chi connectivity index (χ1) is 10.8. The number of aliphatic imine (C=N–C) groups is 1. The third kappa shape index (κ3) is 3.23. The number of benzene rings is 1. The molecule has 0 saturated carbocycles. The fourth-order valence-corrected chi connectivity index (χ4v) is 2.90. The van der Waals surface area contributed by atoms with Crippen molar-refractivity contribution in [1.82, 2.24) is 14.9 Å². The molecule has 1 aliphatic carbocycles. The first kappa shape index (κ1) is 18.2. The number of aromatic nitrogens is 2. The lowest BCUT2D eigenvalue weighted by Crippen LogP contribution is -2.31. The summed E-state index contributed by atoms with van der Waals surface area (Å²) in [6.07, 6.45) is 4.46. The number of nitrogens with zero attached hydrogens (tertiary/aromatic N) is 3. The number of hydrogen-bond acceptors (Lipinski definition) is 4. The maximum absolute atomic E-state index is 12.5. The van der Waals surface area contributed by atoms with Crippen molar-refractivity contribution in [1.29, 1.82) is 0 Å². The Hall–Kier alpha value is -2.11. The summed E-state index contributed by atoms with van der Waals surface area (Å²) >= 11 is 0. The lowest BCUT2D eigenvalue weighted by molar-refractivity contribution is 0.102. The van der Waals surface area contributed by atoms with Gasteiger partial charge >= 0.3 is 0 Å². The van der Waals surface area contributed by atoms with Crippen molar-refractivity contribution in [2.75, 3.05) is 13.1 Å². The van der Waals surface area contributed by atoms with E-state index >= 15 is 0 Å². The first-order valence-electron chi connectivity index (χ1n) is 7.47. The minimum atomic E-state index is -0.0392. The van der Waals surface area contributed by atoms with Crippen LogP contribution in [0, 0.1) is 0 Å². The van der Waals surface area contributed by atoms with E-state index in [0.29, 0.717) is 17.9 Å². The molecule has 4 rings (SSSR count). The van der Waals surface area contributed by atoms with E-state index < -0.39 is 0 Å². The van der Waals surface area contributed by atoms with Gasteiger partial charge in [0.1, 0.15) is 5.69 Å². The van der Waals surface area contributed by atoms with Gasteiger partial charge in [-0.05, 0) is 18.1 Å². The molecular formula is C17H18Cl2N4O. The number of carbonyl (C=O) groups is 1. The monoisotopic (exact) mass is 364 g/mol. The molecular weight excluding hydrogens is 347 g/mol. The minimum Gasteiger partial charge on any atom is -0.381 e. The van der Waals surface area contributed by atoms with Crippen molar-refractivity contribution in [2.45, 2.75) is 13.0 Å². The molecule has 2 heterocycles. The fourth-order valence-electron chi connectivity index (χ4n) is 2.90. The molecule has 0 saturated heterocycles. The van der Waals surface area contributed by atoms with Gasteiger partial charge in [0.15, 0.2) is 0 Å². The highest BCUT2D eigenvalue weighted by molar-refractivity contribution is 6.24. The molecule has 24 heavy (non-hydrogen) atoms. The van der Waals surface area contributed by atoms with Crippen LogP contribution in [0.15, 0.2) is 53.4 Å². The standard InChI is InChI=1S/C17H16N4O.2ClH/c22-17-14(18-7-6-12-4-2-1-3-5-12)10-13-16-15(17)20-11-21(16)9-8-19-13;;/h1-5,10-11,18H,6-9H2;2*1H. The number of hydrogen-bond donors (Lipinski definition) is 1. The lowest BCUT2D eigenvalue weighted by atomic mass is 10.0. The number of carbonyl (C=O) groups excluding carboxylic acids is 1. The second-order valence-corrected chi connectivity index (χ2v) is 5.45. The second kappa shape index (κ2) is 7.64. The van der Waals surface area contributed by atoms with Gasteiger partial charge in [0, 0.05) is 13.1 Å². The Morgan fingerprint density at radius 2 is 1.96 bits per heavy atom. The van der Waals surface area contributed by atoms with Crippen molar-refractivity contribution in [3.8, 4) is 0 Å². The number of rotatable bonds is 4. The Morgan fingerprint density at radius 3 is 2.75 bits per heavy atom. The fraction of sp³-hybridized carbons (Fsp3) is 0.235. The zero-order valence-corrected chi connectivity index (χ0v) is 14.6. The summed E-state index contributed by atoms with van der Waals surface area (Å²) in [4.78, 5) is 21.3. The normalized spacial score (nSPS) is 14.6. The Morgan fingerprint density at radius 1 is 1.17 bits per heavy atom. The van der Waals surface area contributed by atoms with Crippen LogP contribution in [-0.4, -0.2) is 34.1 Å². The maximum atomic E-state index is 12.5. The van der Waals surface area contributed by atoms with Crippen LogP contribution in [0.25, 0.3) is 0 Å². The summed E-state index contributed by atoms with van der Waals surface area (Å²) in [5.74, 6) is -0.0392. The Balaban J connectivity index is 0.00000104. The second-order valence-electron chi connectivity index (χ2n) is 5.45. The van der Waals surface area contributed by atoms with E-state index in [4.69, 9.17) is 0 Å². The summed E-state index contributed by atoms with van der Waals surface area (Å²) < 4.78 is 2.01. The van der Waals surface area contributed by atoms with E-state index in [9.17, 15) is 4.79 Å². The van der Waals surface area contributed by atoms with Crippen LogP contribution in [0.4, 0.5) is 0 Å². The zero-order valence-electron chi connectivity index (χ0n) is 12.9. The average molecular weight is 365 g/mol. The molecule has 7 heteroatoms. The molecule has 1 aromatic heterocycles. The number of imidazole rings is 1. The molecule has 0 bridgehead atoms. The smallest absolute Gasteiger partial charge is 0.229 e. The number of allylic oxidation sites excluding steroid dienone is 2. The summed E-state index contributed by atoms with van der Waals surface area (Å²) in [6.45, 7) is 2.24. The Kier molecular flexibility index (Phi) is 5.80. The molecule has 0 radical (unpaired) electrons. The molecule has 0 unspecified atom stereocenters. The maximum Gasteiger partial charge on any atom is 0.229 e. The first-order valence-corrected chi connectivity index (χ1v) is 7.47. The van der Waals surface area contributed by atoms with Gasteiger partial charge in [-0.25, -0.2) is 4.98 Å². The van der Waals surface area contributed by atoms with E-state index in [0.717, 1.165) is 30.9 Å². The average Bonchev–Trinajstić information content (AvgIpc) is 2.99. The van der Waals surface area contributed by atoms with Gasteiger partial charge in [-0.15, -0.1) is 24.8 Å². The van der Waals surface area contributed by atoms with Crippen LogP contribution < -0.4 is 5.32 Å². The summed E-state index contributed by atoms with van der Waals surface area (Å²) in [7, 11) is 0. The van der Waals surface area contributed by atoms with E-state index in [1.165, 1.54) is 5.56 Å². The van der Waals surface area contributed by atoms with Crippen molar-refractivity contribution in [3.05, 3.63) is 65.4 Å². The lowest BCUT2D eigenvalue weighted by Gasteiger charge is -2.20. The molecule has 0 atom stereocenters. The van der Waals surface area contributed by atoms with Gasteiger partial charge in [0.2, 0.25) is 5.78 Å². The van der Waals surface area contributed by atoms with Gasteiger partial charge in [0.25, 0.3) is 0 Å². The molecule has 0 amide bonds. The molecule has 1 N–H and O–H groups in total. The van der Waals surface area contributed by atoms with Gasteiger partial charge in [-0.1, -0.05) is 30.3 Å². The van der Waals surface area contributed by atoms with E-state index in [1.54, 1.807) is 6.33 Å². The third-order valence-corrected chi connectivity index (χ3v) is 4.02. The molecule has 1 aromatic carbocycles. The molecule has 2 aromatic rings. The van der Waals surface area contributed by atoms with Crippen LogP contribution in [0.5, 0.6) is 0 Å². The topological polar surface area (TPSA) is 59.3 Å². The van der Waals surface area contributed by atoms with Gasteiger partial charge < -0.3 is 9.88 Å². The van der Waals surface area contributed by atoms with E-state index in [-0.39, 0.29) is 30.6 Å². The highest BCUT2D eigenvalue weighted by Gasteiger charge is 2.30. The molecule has 0 spiro atoms. The van der Waals surface area contributed by atoms with E-state index in [1.807, 2.05) is 28.8 Å². The van der Waals surface area contributed by atoms with Crippen LogP contribution in [0.1, 0.15) is 21.7 Å². The molecule has 2 aliphatic rings. The largest absolute Gasteiger partial charge is 0.381 e. The quantitative estimate of drug-likeness (QED) is 0.906. The Labute approximate surface area is 152 Å². The predicted molar refractivity (Wildman–Crippen MR) is 98.7 cm³/mol.